The zero-order valence-corrected chi connectivity index (χ0v) is 21.9. The average molecular weight is 511 g/mol. The molecule has 1 heterocycles. The van der Waals surface area contributed by atoms with Gasteiger partial charge in [0.1, 0.15) is 17.2 Å². The summed E-state index contributed by atoms with van der Waals surface area (Å²) >= 11 is 1.85. The number of methoxy groups -OCH3 is 3. The molecule has 4 rings (SSSR count). The van der Waals surface area contributed by atoms with E-state index in [0.29, 0.717) is 26.4 Å². The number of ether oxygens (including phenoxy) is 6. The van der Waals surface area contributed by atoms with Crippen LogP contribution in [-0.4, -0.2) is 51.1 Å². The molecule has 3 aromatic carbocycles. The largest absolute Gasteiger partial charge is 0.497 e. The Hall–Kier alpha value is -2.71. The van der Waals surface area contributed by atoms with Gasteiger partial charge < -0.3 is 28.4 Å². The summed E-state index contributed by atoms with van der Waals surface area (Å²) in [5, 5.41) is 0.183. The number of hydrogen-bond acceptors (Lipinski definition) is 7. The van der Waals surface area contributed by atoms with Gasteiger partial charge in [0.2, 0.25) is 0 Å². The molecular formula is C29H34O6S. The van der Waals surface area contributed by atoms with Crippen molar-refractivity contribution < 1.29 is 28.4 Å². The molecule has 0 aromatic heterocycles. The van der Waals surface area contributed by atoms with Crippen LogP contribution in [0.4, 0.5) is 0 Å². The van der Waals surface area contributed by atoms with Crippen LogP contribution in [0.1, 0.15) is 16.7 Å². The van der Waals surface area contributed by atoms with Crippen molar-refractivity contribution in [2.45, 2.75) is 37.3 Å². The average Bonchev–Trinajstić information content (AvgIpc) is 3.33. The second-order valence-electron chi connectivity index (χ2n) is 8.56. The van der Waals surface area contributed by atoms with Gasteiger partial charge in [-0.05, 0) is 53.1 Å². The van der Waals surface area contributed by atoms with E-state index in [4.69, 9.17) is 28.4 Å². The van der Waals surface area contributed by atoms with Crippen LogP contribution in [0.2, 0.25) is 0 Å². The molecule has 0 bridgehead atoms. The number of hydrogen-bond donors (Lipinski definition) is 0. The van der Waals surface area contributed by atoms with Crippen LogP contribution in [0.3, 0.4) is 0 Å². The third-order valence-corrected chi connectivity index (χ3v) is 7.50. The third-order valence-electron chi connectivity index (χ3n) is 6.14. The molecule has 1 aliphatic heterocycles. The molecular weight excluding hydrogens is 476 g/mol. The highest BCUT2D eigenvalue weighted by molar-refractivity contribution is 8.00. The van der Waals surface area contributed by atoms with Gasteiger partial charge in [-0.15, -0.1) is 0 Å². The lowest BCUT2D eigenvalue weighted by Gasteiger charge is -2.25. The Morgan fingerprint density at radius 3 is 1.53 bits per heavy atom. The Morgan fingerprint density at radius 1 is 0.611 bits per heavy atom. The minimum Gasteiger partial charge on any atom is -0.497 e. The van der Waals surface area contributed by atoms with Crippen LogP contribution in [0.25, 0.3) is 0 Å². The Labute approximate surface area is 217 Å². The molecule has 0 radical (unpaired) electrons. The standard InChI is InChI=1S/C29H34O6S/c1-30-24-10-4-21(5-11-24)16-33-19-28-29(35-18-23-8-14-26(32-3)15-9-23)27(20-36-28)34-17-22-6-12-25(31-2)13-7-22/h4-15,27-29H,16-20H2,1-3H3/t27-,28-,29+/m0/s1. The van der Waals surface area contributed by atoms with E-state index >= 15 is 0 Å². The van der Waals surface area contributed by atoms with Crippen LogP contribution in [0.5, 0.6) is 17.2 Å². The lowest BCUT2D eigenvalue weighted by Crippen LogP contribution is -2.36. The van der Waals surface area contributed by atoms with Gasteiger partial charge in [0.15, 0.2) is 0 Å². The SMILES string of the molecule is COc1ccc(COC[C@@H]2SC[C@H](OCc3ccc(OC)cc3)[C@H]2OCc2ccc(OC)cc2)cc1. The lowest BCUT2D eigenvalue weighted by atomic mass is 10.1. The van der Waals surface area contributed by atoms with Crippen LogP contribution in [0.15, 0.2) is 72.8 Å². The summed E-state index contributed by atoms with van der Waals surface area (Å²) in [5.41, 5.74) is 3.32. The predicted octanol–water partition coefficient (Wildman–Crippen LogP) is 5.52. The van der Waals surface area contributed by atoms with Crippen molar-refractivity contribution in [1.29, 1.82) is 0 Å². The van der Waals surface area contributed by atoms with Crippen LogP contribution in [-0.2, 0) is 34.0 Å². The molecule has 192 valence electrons. The Bertz CT molecular complexity index is 1040. The zero-order valence-electron chi connectivity index (χ0n) is 21.1. The molecule has 0 aliphatic carbocycles. The highest BCUT2D eigenvalue weighted by Crippen LogP contribution is 2.33. The lowest BCUT2D eigenvalue weighted by molar-refractivity contribution is -0.0768. The highest BCUT2D eigenvalue weighted by atomic mass is 32.2. The van der Waals surface area contributed by atoms with Gasteiger partial charge in [-0.1, -0.05) is 36.4 Å². The van der Waals surface area contributed by atoms with Crippen molar-refractivity contribution in [1.82, 2.24) is 0 Å². The van der Waals surface area contributed by atoms with Crippen LogP contribution < -0.4 is 14.2 Å². The van der Waals surface area contributed by atoms with Gasteiger partial charge in [-0.3, -0.25) is 0 Å². The second kappa shape index (κ2) is 13.6. The molecule has 1 fully saturated rings. The van der Waals surface area contributed by atoms with E-state index in [1.54, 1.807) is 21.3 Å². The normalized spacial score (nSPS) is 19.2. The van der Waals surface area contributed by atoms with Gasteiger partial charge in [0.25, 0.3) is 0 Å². The maximum atomic E-state index is 6.44. The second-order valence-corrected chi connectivity index (χ2v) is 9.83. The van der Waals surface area contributed by atoms with Crippen molar-refractivity contribution in [3.8, 4) is 17.2 Å². The van der Waals surface area contributed by atoms with Crippen molar-refractivity contribution >= 4 is 11.8 Å². The van der Waals surface area contributed by atoms with Crippen molar-refractivity contribution in [2.75, 3.05) is 33.7 Å². The fraction of sp³-hybridized carbons (Fsp3) is 0.379. The molecule has 0 unspecified atom stereocenters. The molecule has 3 atom stereocenters. The Kier molecular flexibility index (Phi) is 9.93. The Morgan fingerprint density at radius 2 is 1.06 bits per heavy atom. The molecule has 36 heavy (non-hydrogen) atoms. The zero-order chi connectivity index (χ0) is 25.2. The first-order valence-corrected chi connectivity index (χ1v) is 13.0. The van der Waals surface area contributed by atoms with Gasteiger partial charge in [0, 0.05) is 5.75 Å². The number of thioether (sulfide) groups is 1. The first kappa shape index (κ1) is 26.4. The minimum absolute atomic E-state index is 0.0232. The molecule has 6 nitrogen and oxygen atoms in total. The quantitative estimate of drug-likeness (QED) is 0.300. The molecule has 7 heteroatoms. The maximum Gasteiger partial charge on any atom is 0.118 e. The summed E-state index contributed by atoms with van der Waals surface area (Å²) in [5.74, 6) is 3.37. The number of benzene rings is 3. The maximum absolute atomic E-state index is 6.44. The summed E-state index contributed by atoms with van der Waals surface area (Å²) in [4.78, 5) is 0. The van der Waals surface area contributed by atoms with E-state index in [-0.39, 0.29) is 17.5 Å². The van der Waals surface area contributed by atoms with E-state index in [1.165, 1.54) is 0 Å². The number of rotatable bonds is 13. The topological polar surface area (TPSA) is 55.4 Å². The fourth-order valence-electron chi connectivity index (χ4n) is 4.00. The van der Waals surface area contributed by atoms with E-state index < -0.39 is 0 Å². The molecule has 0 spiro atoms. The van der Waals surface area contributed by atoms with E-state index in [1.807, 2.05) is 84.6 Å². The molecule has 0 N–H and O–H groups in total. The van der Waals surface area contributed by atoms with Crippen LogP contribution in [0, 0.1) is 0 Å². The smallest absolute Gasteiger partial charge is 0.118 e. The first-order chi connectivity index (χ1) is 17.7. The molecule has 1 aliphatic rings. The monoisotopic (exact) mass is 510 g/mol. The van der Waals surface area contributed by atoms with Gasteiger partial charge in [0.05, 0.1) is 65.2 Å². The van der Waals surface area contributed by atoms with E-state index in [0.717, 1.165) is 39.7 Å². The van der Waals surface area contributed by atoms with Gasteiger partial charge >= 0.3 is 0 Å². The van der Waals surface area contributed by atoms with Crippen LogP contribution >= 0.6 is 11.8 Å². The van der Waals surface area contributed by atoms with E-state index in [9.17, 15) is 0 Å². The summed E-state index contributed by atoms with van der Waals surface area (Å²) in [7, 11) is 5.01. The summed E-state index contributed by atoms with van der Waals surface area (Å²) < 4.78 is 34.6. The summed E-state index contributed by atoms with van der Waals surface area (Å²) in [6, 6.07) is 23.9. The van der Waals surface area contributed by atoms with Crippen molar-refractivity contribution in [2.24, 2.45) is 0 Å². The summed E-state index contributed by atoms with van der Waals surface area (Å²) in [6.45, 7) is 2.17. The molecule has 3 aromatic rings. The first-order valence-electron chi connectivity index (χ1n) is 12.0. The Balaban J connectivity index is 1.35. The third kappa shape index (κ3) is 7.40. The minimum atomic E-state index is -0.0776. The van der Waals surface area contributed by atoms with Crippen molar-refractivity contribution in [3.63, 3.8) is 0 Å². The van der Waals surface area contributed by atoms with Gasteiger partial charge in [-0.2, -0.15) is 11.8 Å². The fourth-order valence-corrected chi connectivity index (χ4v) is 5.36. The van der Waals surface area contributed by atoms with Gasteiger partial charge in [-0.25, -0.2) is 0 Å². The van der Waals surface area contributed by atoms with Crippen molar-refractivity contribution in [3.05, 3.63) is 89.5 Å². The molecule has 1 saturated heterocycles. The summed E-state index contributed by atoms with van der Waals surface area (Å²) in [6.07, 6.45) is -0.101. The highest BCUT2D eigenvalue weighted by Gasteiger charge is 2.38. The predicted molar refractivity (Wildman–Crippen MR) is 142 cm³/mol. The molecule has 0 saturated carbocycles. The van der Waals surface area contributed by atoms with E-state index in [2.05, 4.69) is 0 Å². The molecule has 0 amide bonds.